The normalized spacial score (nSPS) is 11.5. The van der Waals surface area contributed by atoms with E-state index in [2.05, 4.69) is 5.32 Å². The van der Waals surface area contributed by atoms with Crippen molar-refractivity contribution >= 4 is 17.3 Å². The molecule has 0 unspecified atom stereocenters. The van der Waals surface area contributed by atoms with Crippen molar-refractivity contribution in [3.63, 3.8) is 0 Å². The molecule has 1 N–H and O–H groups in total. The van der Waals surface area contributed by atoms with Crippen LogP contribution in [0.4, 0.5) is 27.6 Å². The number of benzene rings is 2. The van der Waals surface area contributed by atoms with Gasteiger partial charge in [-0.3, -0.25) is 0 Å². The molecular weight excluding hydrogens is 313 g/mol. The minimum Gasteiger partial charge on any atom is -0.377 e. The number of hydrogen-bond acceptors (Lipinski definition) is 1. The third-order valence-corrected chi connectivity index (χ3v) is 3.03. The molecule has 0 aliphatic heterocycles. The van der Waals surface area contributed by atoms with Gasteiger partial charge in [-0.05, 0) is 35.9 Å². The molecule has 0 bridgehead atoms. The minimum absolute atomic E-state index is 0.0293. The summed E-state index contributed by atoms with van der Waals surface area (Å²) in [6.45, 7) is -0.193. The molecule has 0 amide bonds. The van der Waals surface area contributed by atoms with Gasteiger partial charge in [0.05, 0.1) is 16.3 Å². The van der Waals surface area contributed by atoms with Crippen LogP contribution >= 0.6 is 11.6 Å². The van der Waals surface area contributed by atoms with E-state index in [9.17, 15) is 22.0 Å². The Kier molecular flexibility index (Phi) is 4.37. The number of hydrogen-bond donors (Lipinski definition) is 1. The summed E-state index contributed by atoms with van der Waals surface area (Å²) in [5.41, 5.74) is -1.11. The minimum atomic E-state index is -4.65. The molecule has 0 radical (unpaired) electrons. The number of anilines is 1. The fraction of sp³-hybridized carbons (Fsp3) is 0.143. The average Bonchev–Trinajstić information content (AvgIpc) is 2.36. The van der Waals surface area contributed by atoms with E-state index in [4.69, 9.17) is 11.6 Å². The first-order valence-corrected chi connectivity index (χ1v) is 6.20. The number of nitrogens with one attached hydrogen (secondary N) is 1. The molecule has 0 fully saturated rings. The van der Waals surface area contributed by atoms with Gasteiger partial charge in [0.15, 0.2) is 0 Å². The van der Waals surface area contributed by atoms with Crippen LogP contribution in [0.25, 0.3) is 0 Å². The lowest BCUT2D eigenvalue weighted by Crippen LogP contribution is -2.08. The second-order valence-corrected chi connectivity index (χ2v) is 4.70. The number of alkyl halides is 3. The smallest absolute Gasteiger partial charge is 0.377 e. The first-order chi connectivity index (χ1) is 9.77. The number of rotatable bonds is 3. The third-order valence-electron chi connectivity index (χ3n) is 2.72. The molecule has 0 saturated heterocycles. The zero-order chi connectivity index (χ0) is 15.6. The summed E-state index contributed by atoms with van der Waals surface area (Å²) in [5.74, 6) is -1.66. The van der Waals surface area contributed by atoms with Gasteiger partial charge in [-0.15, -0.1) is 0 Å². The van der Waals surface area contributed by atoms with Gasteiger partial charge in [0.1, 0.15) is 11.6 Å². The maximum atomic E-state index is 13.5. The van der Waals surface area contributed by atoms with Crippen molar-refractivity contribution in [2.24, 2.45) is 0 Å². The molecule has 0 aliphatic rings. The van der Waals surface area contributed by atoms with Gasteiger partial charge in [-0.25, -0.2) is 8.78 Å². The van der Waals surface area contributed by atoms with E-state index in [0.717, 1.165) is 18.2 Å². The summed E-state index contributed by atoms with van der Waals surface area (Å²) >= 11 is 5.77. The summed E-state index contributed by atoms with van der Waals surface area (Å²) in [6, 6.07) is 6.12. The van der Waals surface area contributed by atoms with Crippen LogP contribution in [-0.2, 0) is 12.7 Å². The fourth-order valence-corrected chi connectivity index (χ4v) is 2.00. The Bertz CT molecular complexity index is 634. The molecule has 2 aromatic carbocycles. The number of halogens is 6. The Balaban J connectivity index is 2.23. The Morgan fingerprint density at radius 2 is 1.76 bits per heavy atom. The van der Waals surface area contributed by atoms with Gasteiger partial charge >= 0.3 is 6.18 Å². The highest BCUT2D eigenvalue weighted by Crippen LogP contribution is 2.31. The van der Waals surface area contributed by atoms with Crippen molar-refractivity contribution in [1.29, 1.82) is 0 Å². The highest BCUT2D eigenvalue weighted by atomic mass is 35.5. The van der Waals surface area contributed by atoms with Crippen molar-refractivity contribution in [3.8, 4) is 0 Å². The van der Waals surface area contributed by atoms with Crippen LogP contribution in [0.2, 0.25) is 5.02 Å². The molecule has 112 valence electrons. The molecule has 0 heterocycles. The molecule has 2 rings (SSSR count). The van der Waals surface area contributed by atoms with Crippen molar-refractivity contribution in [2.75, 3.05) is 5.32 Å². The van der Waals surface area contributed by atoms with Gasteiger partial charge in [-0.1, -0.05) is 17.7 Å². The SMILES string of the molecule is Fc1cc(CNc2c(F)cccc2Cl)cc(C(F)(F)F)c1. The van der Waals surface area contributed by atoms with Crippen molar-refractivity contribution < 1.29 is 22.0 Å². The van der Waals surface area contributed by atoms with E-state index in [1.165, 1.54) is 12.1 Å². The molecule has 0 atom stereocenters. The summed E-state index contributed by atoms with van der Waals surface area (Å²) in [7, 11) is 0. The second kappa shape index (κ2) is 5.89. The standard InChI is InChI=1S/C14H9ClF5N/c15-11-2-1-3-12(17)13(11)21-7-8-4-9(14(18,19)20)6-10(16)5-8/h1-6,21H,7H2. The van der Waals surface area contributed by atoms with Crippen LogP contribution in [0.5, 0.6) is 0 Å². The zero-order valence-electron chi connectivity index (χ0n) is 10.4. The van der Waals surface area contributed by atoms with E-state index in [1.807, 2.05) is 0 Å². The lowest BCUT2D eigenvalue weighted by Gasteiger charge is -2.12. The van der Waals surface area contributed by atoms with Crippen molar-refractivity contribution in [1.82, 2.24) is 0 Å². The molecule has 0 aliphatic carbocycles. The monoisotopic (exact) mass is 321 g/mol. The zero-order valence-corrected chi connectivity index (χ0v) is 11.2. The van der Waals surface area contributed by atoms with Crippen LogP contribution in [0, 0.1) is 11.6 Å². The van der Waals surface area contributed by atoms with Gasteiger partial charge in [0, 0.05) is 6.54 Å². The fourth-order valence-electron chi connectivity index (χ4n) is 1.77. The topological polar surface area (TPSA) is 12.0 Å². The maximum absolute atomic E-state index is 13.5. The summed E-state index contributed by atoms with van der Waals surface area (Å²) in [6.07, 6.45) is -4.65. The van der Waals surface area contributed by atoms with Crippen LogP contribution in [0.1, 0.15) is 11.1 Å². The van der Waals surface area contributed by atoms with E-state index in [0.29, 0.717) is 6.07 Å². The van der Waals surface area contributed by atoms with Gasteiger partial charge in [-0.2, -0.15) is 13.2 Å². The largest absolute Gasteiger partial charge is 0.416 e. The van der Waals surface area contributed by atoms with Crippen LogP contribution in [-0.4, -0.2) is 0 Å². The van der Waals surface area contributed by atoms with Gasteiger partial charge in [0.2, 0.25) is 0 Å². The molecule has 2 aromatic rings. The maximum Gasteiger partial charge on any atom is 0.416 e. The van der Waals surface area contributed by atoms with Crippen LogP contribution in [0.15, 0.2) is 36.4 Å². The Morgan fingerprint density at radius 3 is 2.38 bits per heavy atom. The van der Waals surface area contributed by atoms with E-state index < -0.39 is 23.4 Å². The van der Waals surface area contributed by atoms with E-state index in [1.54, 1.807) is 0 Å². The molecule has 0 aromatic heterocycles. The quantitative estimate of drug-likeness (QED) is 0.761. The first kappa shape index (κ1) is 15.6. The molecule has 7 heteroatoms. The van der Waals surface area contributed by atoms with Crippen molar-refractivity contribution in [2.45, 2.75) is 12.7 Å². The summed E-state index contributed by atoms with van der Waals surface area (Å²) in [4.78, 5) is 0. The van der Waals surface area contributed by atoms with Crippen molar-refractivity contribution in [3.05, 3.63) is 64.2 Å². The lowest BCUT2D eigenvalue weighted by atomic mass is 10.1. The summed E-state index contributed by atoms with van der Waals surface area (Å²) in [5, 5.41) is 2.65. The summed E-state index contributed by atoms with van der Waals surface area (Å²) < 4.78 is 64.4. The predicted octanol–water partition coefficient (Wildman–Crippen LogP) is 5.25. The lowest BCUT2D eigenvalue weighted by molar-refractivity contribution is -0.137. The number of para-hydroxylation sites is 1. The van der Waals surface area contributed by atoms with Crippen LogP contribution < -0.4 is 5.32 Å². The van der Waals surface area contributed by atoms with E-state index >= 15 is 0 Å². The predicted molar refractivity (Wildman–Crippen MR) is 70.1 cm³/mol. The second-order valence-electron chi connectivity index (χ2n) is 4.30. The third kappa shape index (κ3) is 3.85. The first-order valence-electron chi connectivity index (χ1n) is 5.82. The molecular formula is C14H9ClF5N. The Hall–Kier alpha value is -1.82. The van der Waals surface area contributed by atoms with E-state index in [-0.39, 0.29) is 22.8 Å². The highest BCUT2D eigenvalue weighted by molar-refractivity contribution is 6.33. The molecule has 1 nitrogen and oxygen atoms in total. The average molecular weight is 322 g/mol. The molecule has 0 spiro atoms. The van der Waals surface area contributed by atoms with Gasteiger partial charge < -0.3 is 5.32 Å². The molecule has 21 heavy (non-hydrogen) atoms. The Morgan fingerprint density at radius 1 is 1.05 bits per heavy atom. The van der Waals surface area contributed by atoms with Gasteiger partial charge in [0.25, 0.3) is 0 Å². The van der Waals surface area contributed by atoms with Crippen LogP contribution in [0.3, 0.4) is 0 Å². The Labute approximate surface area is 122 Å². The molecule has 0 saturated carbocycles. The highest BCUT2D eigenvalue weighted by Gasteiger charge is 2.31.